The molecule has 0 spiro atoms. The minimum atomic E-state index is -3.45. The normalized spacial score (nSPS) is 22.8. The van der Waals surface area contributed by atoms with Crippen molar-refractivity contribution in [1.29, 1.82) is 0 Å². The molecule has 1 unspecified atom stereocenters. The smallest absolute Gasteiger partial charge is 0.246 e. The molecule has 0 amide bonds. The van der Waals surface area contributed by atoms with E-state index in [4.69, 9.17) is 11.6 Å². The van der Waals surface area contributed by atoms with E-state index in [1.54, 1.807) is 15.2 Å². The molecule has 8 heteroatoms. The molecule has 1 saturated heterocycles. The quantitative estimate of drug-likeness (QED) is 0.758. The van der Waals surface area contributed by atoms with Crippen molar-refractivity contribution in [2.45, 2.75) is 24.4 Å². The maximum absolute atomic E-state index is 12.5. The lowest BCUT2D eigenvalue weighted by Gasteiger charge is -2.36. The van der Waals surface area contributed by atoms with Crippen LogP contribution in [0.2, 0.25) is 0 Å². The predicted octanol–water partition coefficient (Wildman–Crippen LogP) is 0.446. The van der Waals surface area contributed by atoms with Crippen LogP contribution in [0.15, 0.2) is 17.3 Å². The lowest BCUT2D eigenvalue weighted by molar-refractivity contribution is 0.170. The van der Waals surface area contributed by atoms with E-state index in [0.29, 0.717) is 19.0 Å². The summed E-state index contributed by atoms with van der Waals surface area (Å²) in [6, 6.07) is -0.0277. The Morgan fingerprint density at radius 2 is 2.21 bits per heavy atom. The number of aromatic nitrogens is 2. The molecule has 1 atom stereocenters. The number of piperazine rings is 1. The summed E-state index contributed by atoms with van der Waals surface area (Å²) in [5.74, 6) is 0.409. The van der Waals surface area contributed by atoms with Crippen molar-refractivity contribution in [3.05, 3.63) is 12.4 Å². The van der Waals surface area contributed by atoms with Gasteiger partial charge in [-0.15, -0.1) is 11.6 Å². The van der Waals surface area contributed by atoms with E-state index in [1.807, 2.05) is 14.0 Å². The Labute approximate surface area is 119 Å². The third-order valence-corrected chi connectivity index (χ3v) is 5.43. The summed E-state index contributed by atoms with van der Waals surface area (Å²) in [5.41, 5.74) is 0. The zero-order valence-corrected chi connectivity index (χ0v) is 12.7. The number of sulfonamides is 1. The number of halogens is 1. The molecular formula is C11H19ClN4O2S. The van der Waals surface area contributed by atoms with Crippen molar-refractivity contribution >= 4 is 21.6 Å². The minimum Gasteiger partial charge on any atom is -0.303 e. The molecule has 1 fully saturated rings. The Morgan fingerprint density at radius 1 is 1.47 bits per heavy atom. The molecule has 0 saturated carbocycles. The van der Waals surface area contributed by atoms with Gasteiger partial charge in [0.25, 0.3) is 0 Å². The van der Waals surface area contributed by atoms with Crippen LogP contribution in [0.3, 0.4) is 0 Å². The molecule has 1 aliphatic rings. The van der Waals surface area contributed by atoms with Crippen LogP contribution in [-0.4, -0.2) is 66.0 Å². The second kappa shape index (κ2) is 5.78. The first-order valence-electron chi connectivity index (χ1n) is 6.24. The van der Waals surface area contributed by atoms with E-state index >= 15 is 0 Å². The second-order valence-electron chi connectivity index (χ2n) is 4.86. The van der Waals surface area contributed by atoms with Gasteiger partial charge in [0, 0.05) is 37.8 Å². The molecule has 0 bridgehead atoms. The maximum Gasteiger partial charge on any atom is 0.246 e. The molecule has 0 aliphatic carbocycles. The predicted molar refractivity (Wildman–Crippen MR) is 73.8 cm³/mol. The lowest BCUT2D eigenvalue weighted by Crippen LogP contribution is -2.52. The maximum atomic E-state index is 12.5. The molecule has 0 radical (unpaired) electrons. The summed E-state index contributed by atoms with van der Waals surface area (Å²) in [6.45, 7) is 4.45. The topological polar surface area (TPSA) is 58.4 Å². The van der Waals surface area contributed by atoms with Crippen LogP contribution < -0.4 is 0 Å². The number of aryl methyl sites for hydroxylation is 1. The van der Waals surface area contributed by atoms with Crippen molar-refractivity contribution in [3.63, 3.8) is 0 Å². The van der Waals surface area contributed by atoms with E-state index < -0.39 is 10.0 Å². The lowest BCUT2D eigenvalue weighted by atomic mass is 10.2. The Kier molecular flexibility index (Phi) is 4.50. The van der Waals surface area contributed by atoms with Gasteiger partial charge in [0.2, 0.25) is 10.0 Å². The van der Waals surface area contributed by atoms with Gasteiger partial charge in [0.05, 0.1) is 12.7 Å². The number of rotatable bonds is 4. The fraction of sp³-hybridized carbons (Fsp3) is 0.727. The van der Waals surface area contributed by atoms with Gasteiger partial charge in [-0.25, -0.2) is 8.42 Å². The van der Waals surface area contributed by atoms with Crippen molar-refractivity contribution in [3.8, 4) is 0 Å². The summed E-state index contributed by atoms with van der Waals surface area (Å²) >= 11 is 5.62. The summed E-state index contributed by atoms with van der Waals surface area (Å²) in [6.07, 6.45) is 2.94. The highest BCUT2D eigenvalue weighted by molar-refractivity contribution is 7.89. The van der Waals surface area contributed by atoms with Crippen LogP contribution in [0.5, 0.6) is 0 Å². The average molecular weight is 307 g/mol. The largest absolute Gasteiger partial charge is 0.303 e. The number of hydrogen-bond acceptors (Lipinski definition) is 4. The summed E-state index contributed by atoms with van der Waals surface area (Å²) in [5, 5.41) is 4.02. The Morgan fingerprint density at radius 3 is 2.84 bits per heavy atom. The van der Waals surface area contributed by atoms with Gasteiger partial charge >= 0.3 is 0 Å². The van der Waals surface area contributed by atoms with Crippen molar-refractivity contribution in [2.24, 2.45) is 0 Å². The van der Waals surface area contributed by atoms with Crippen LogP contribution >= 0.6 is 11.6 Å². The molecular weight excluding hydrogens is 288 g/mol. The highest BCUT2D eigenvalue weighted by atomic mass is 35.5. The zero-order chi connectivity index (χ0) is 14.0. The van der Waals surface area contributed by atoms with Crippen LogP contribution in [0, 0.1) is 0 Å². The molecule has 0 aromatic carbocycles. The third kappa shape index (κ3) is 3.10. The highest BCUT2D eigenvalue weighted by Gasteiger charge is 2.33. The molecule has 1 aromatic heterocycles. The van der Waals surface area contributed by atoms with Crippen LogP contribution in [-0.2, 0) is 16.6 Å². The third-order valence-electron chi connectivity index (χ3n) is 3.30. The number of likely N-dealkylation sites (N-methyl/N-ethyl adjacent to an activating group) is 1. The van der Waals surface area contributed by atoms with Gasteiger partial charge in [-0.1, -0.05) is 0 Å². The monoisotopic (exact) mass is 306 g/mol. The minimum absolute atomic E-state index is 0.0277. The second-order valence-corrected chi connectivity index (χ2v) is 7.12. The van der Waals surface area contributed by atoms with Crippen LogP contribution in [0.25, 0.3) is 0 Å². The molecule has 0 N–H and O–H groups in total. The first kappa shape index (κ1) is 14.8. The van der Waals surface area contributed by atoms with E-state index in [9.17, 15) is 8.42 Å². The standard InChI is InChI=1S/C11H19ClN4O2S/c1-10-8-14(2)5-6-16(10)19(17,18)11-7-13-15(9-11)4-3-12/h7,9-10H,3-6,8H2,1-2H3. The molecule has 2 heterocycles. The molecule has 1 aliphatic heterocycles. The van der Waals surface area contributed by atoms with E-state index in [1.165, 1.54) is 6.20 Å². The molecule has 6 nitrogen and oxygen atoms in total. The van der Waals surface area contributed by atoms with Gasteiger partial charge in [-0.05, 0) is 14.0 Å². The molecule has 108 valence electrons. The number of nitrogens with zero attached hydrogens (tertiary/aromatic N) is 4. The van der Waals surface area contributed by atoms with Crippen molar-refractivity contribution in [2.75, 3.05) is 32.6 Å². The van der Waals surface area contributed by atoms with Gasteiger partial charge in [0.15, 0.2) is 0 Å². The van der Waals surface area contributed by atoms with Gasteiger partial charge < -0.3 is 4.90 Å². The Hall–Kier alpha value is -0.630. The zero-order valence-electron chi connectivity index (χ0n) is 11.2. The molecule has 1 aromatic rings. The Bertz CT molecular complexity index is 531. The van der Waals surface area contributed by atoms with Crippen molar-refractivity contribution in [1.82, 2.24) is 19.0 Å². The van der Waals surface area contributed by atoms with Gasteiger partial charge in [0.1, 0.15) is 4.90 Å². The number of alkyl halides is 1. The fourth-order valence-corrected chi connectivity index (χ4v) is 4.04. The highest BCUT2D eigenvalue weighted by Crippen LogP contribution is 2.20. The van der Waals surface area contributed by atoms with E-state index in [-0.39, 0.29) is 10.9 Å². The average Bonchev–Trinajstić information content (AvgIpc) is 2.78. The SMILES string of the molecule is CC1CN(C)CCN1S(=O)(=O)c1cnn(CCCl)c1. The summed E-state index contributed by atoms with van der Waals surface area (Å²) < 4.78 is 28.2. The first-order chi connectivity index (χ1) is 8.95. The number of hydrogen-bond donors (Lipinski definition) is 0. The summed E-state index contributed by atoms with van der Waals surface area (Å²) in [4.78, 5) is 2.38. The Balaban J connectivity index is 2.21. The van der Waals surface area contributed by atoms with Crippen LogP contribution in [0.4, 0.5) is 0 Å². The summed E-state index contributed by atoms with van der Waals surface area (Å²) in [7, 11) is -1.45. The van der Waals surface area contributed by atoms with E-state index in [0.717, 1.165) is 13.1 Å². The van der Waals surface area contributed by atoms with E-state index in [2.05, 4.69) is 10.00 Å². The van der Waals surface area contributed by atoms with Crippen molar-refractivity contribution < 1.29 is 8.42 Å². The molecule has 2 rings (SSSR count). The first-order valence-corrected chi connectivity index (χ1v) is 8.21. The van der Waals surface area contributed by atoms with Gasteiger partial charge in [-0.3, -0.25) is 4.68 Å². The van der Waals surface area contributed by atoms with Crippen LogP contribution in [0.1, 0.15) is 6.92 Å². The fourth-order valence-electron chi connectivity index (χ4n) is 2.30. The molecule has 19 heavy (non-hydrogen) atoms. The van der Waals surface area contributed by atoms with Gasteiger partial charge in [-0.2, -0.15) is 9.40 Å².